The highest BCUT2D eigenvalue weighted by Crippen LogP contribution is 2.37. The van der Waals surface area contributed by atoms with Gasteiger partial charge in [-0.25, -0.2) is 0 Å². The Hall–Kier alpha value is -2.68. The molecule has 0 aliphatic heterocycles. The molecule has 1 aliphatic rings. The quantitative estimate of drug-likeness (QED) is 0.774. The molecule has 122 valence electrons. The molecule has 6 heteroatoms. The van der Waals surface area contributed by atoms with Crippen molar-refractivity contribution in [3.05, 3.63) is 30.9 Å². The third-order valence-electron chi connectivity index (χ3n) is 5.11. The molecule has 0 unspecified atom stereocenters. The molecule has 1 aliphatic carbocycles. The lowest BCUT2D eigenvalue weighted by atomic mass is 9.94. The largest absolute Gasteiger partial charge is 0.345 e. The van der Waals surface area contributed by atoms with Crippen molar-refractivity contribution in [2.45, 2.75) is 44.6 Å². The van der Waals surface area contributed by atoms with Crippen LogP contribution in [0.4, 0.5) is 0 Å². The highest BCUT2D eigenvalue weighted by atomic mass is 15.3. The molecule has 1 saturated carbocycles. The highest BCUT2D eigenvalue weighted by molar-refractivity contribution is 5.91. The molecule has 3 heterocycles. The first-order valence-corrected chi connectivity index (χ1v) is 8.57. The van der Waals surface area contributed by atoms with E-state index in [2.05, 4.69) is 37.2 Å². The second-order valence-corrected chi connectivity index (χ2v) is 6.52. The van der Waals surface area contributed by atoms with Crippen molar-refractivity contribution in [1.82, 2.24) is 25.0 Å². The number of nitrogens with one attached hydrogen (secondary N) is 1. The van der Waals surface area contributed by atoms with Gasteiger partial charge < -0.3 is 4.98 Å². The lowest BCUT2D eigenvalue weighted by Gasteiger charge is -2.23. The molecule has 0 spiro atoms. The van der Waals surface area contributed by atoms with E-state index in [4.69, 9.17) is 5.26 Å². The molecule has 24 heavy (non-hydrogen) atoms. The van der Waals surface area contributed by atoms with E-state index in [1.54, 1.807) is 6.20 Å². The first-order chi connectivity index (χ1) is 11.9. The Morgan fingerprint density at radius 3 is 3.04 bits per heavy atom. The fourth-order valence-electron chi connectivity index (χ4n) is 3.90. The van der Waals surface area contributed by atoms with Crippen molar-refractivity contribution < 1.29 is 0 Å². The summed E-state index contributed by atoms with van der Waals surface area (Å²) in [6, 6.07) is 4.62. The molecule has 3 aromatic rings. The molecule has 3 aromatic heterocycles. The predicted molar refractivity (Wildman–Crippen MR) is 91.0 cm³/mol. The third kappa shape index (κ3) is 2.67. The lowest BCUT2D eigenvalue weighted by Crippen LogP contribution is -2.17. The molecule has 0 saturated heterocycles. The monoisotopic (exact) mass is 320 g/mol. The molecule has 0 aromatic carbocycles. The number of aromatic amines is 1. The van der Waals surface area contributed by atoms with Gasteiger partial charge in [-0.2, -0.15) is 15.5 Å². The van der Waals surface area contributed by atoms with Crippen LogP contribution in [0.15, 0.2) is 30.9 Å². The van der Waals surface area contributed by atoms with Crippen LogP contribution in [0.3, 0.4) is 0 Å². The molecule has 1 fully saturated rings. The Morgan fingerprint density at radius 2 is 2.21 bits per heavy atom. The fraction of sp³-hybridized carbons (Fsp3) is 0.444. The lowest BCUT2D eigenvalue weighted by molar-refractivity contribution is 0.295. The highest BCUT2D eigenvalue weighted by Gasteiger charge is 2.27. The molecule has 1 N–H and O–H groups in total. The molecule has 1 atom stereocenters. The van der Waals surface area contributed by atoms with Gasteiger partial charge in [0.25, 0.3) is 0 Å². The zero-order valence-corrected chi connectivity index (χ0v) is 13.5. The summed E-state index contributed by atoms with van der Waals surface area (Å²) in [5.41, 5.74) is 2.88. The first-order valence-electron chi connectivity index (χ1n) is 8.57. The second kappa shape index (κ2) is 6.44. The van der Waals surface area contributed by atoms with Crippen LogP contribution >= 0.6 is 0 Å². The van der Waals surface area contributed by atoms with Crippen molar-refractivity contribution in [2.24, 2.45) is 5.92 Å². The summed E-state index contributed by atoms with van der Waals surface area (Å²) in [6.45, 7) is 0. The van der Waals surface area contributed by atoms with Crippen LogP contribution in [-0.4, -0.2) is 25.0 Å². The number of nitrogens with zero attached hydrogens (tertiary/aromatic N) is 5. The summed E-state index contributed by atoms with van der Waals surface area (Å²) in [5, 5.41) is 22.9. The smallest absolute Gasteiger partial charge is 0.160 e. The average Bonchev–Trinajstić information content (AvgIpc) is 3.36. The van der Waals surface area contributed by atoms with Gasteiger partial charge in [0.1, 0.15) is 0 Å². The summed E-state index contributed by atoms with van der Waals surface area (Å²) in [6.07, 6.45) is 14.2. The summed E-state index contributed by atoms with van der Waals surface area (Å²) < 4.78 is 2.07. The van der Waals surface area contributed by atoms with E-state index in [0.717, 1.165) is 28.6 Å². The van der Waals surface area contributed by atoms with E-state index in [1.165, 1.54) is 25.7 Å². The van der Waals surface area contributed by atoms with Crippen molar-refractivity contribution in [2.75, 3.05) is 0 Å². The van der Waals surface area contributed by atoms with E-state index < -0.39 is 0 Å². The van der Waals surface area contributed by atoms with Gasteiger partial charge in [0, 0.05) is 35.3 Å². The van der Waals surface area contributed by atoms with Crippen LogP contribution in [0.25, 0.3) is 22.2 Å². The van der Waals surface area contributed by atoms with Gasteiger partial charge >= 0.3 is 0 Å². The van der Waals surface area contributed by atoms with Crippen LogP contribution in [0.5, 0.6) is 0 Å². The minimum atomic E-state index is 0.317. The van der Waals surface area contributed by atoms with Gasteiger partial charge in [-0.1, -0.05) is 12.8 Å². The maximum atomic E-state index is 8.98. The van der Waals surface area contributed by atoms with Gasteiger partial charge in [0.15, 0.2) is 5.65 Å². The number of hydrogen-bond acceptors (Lipinski definition) is 4. The molecular weight excluding hydrogens is 300 g/mol. The van der Waals surface area contributed by atoms with Crippen LogP contribution < -0.4 is 0 Å². The Bertz CT molecular complexity index is 865. The Morgan fingerprint density at radius 1 is 1.33 bits per heavy atom. The minimum Gasteiger partial charge on any atom is -0.345 e. The van der Waals surface area contributed by atoms with Crippen LogP contribution in [-0.2, 0) is 0 Å². The summed E-state index contributed by atoms with van der Waals surface area (Å²) >= 11 is 0. The first kappa shape index (κ1) is 14.9. The molecule has 0 amide bonds. The van der Waals surface area contributed by atoms with Crippen LogP contribution in [0, 0.1) is 17.2 Å². The number of H-pyrrole nitrogens is 1. The standard InChI is InChI=1S/C18H20N6/c19-8-3-6-17(13-4-1-2-5-13)24-12-14(10-22-24)16-11-21-23-18-15(16)7-9-20-18/h7,9-13,17H,1-6H2,(H,20,23)/t17-/m1/s1. The van der Waals surface area contributed by atoms with E-state index in [0.29, 0.717) is 18.4 Å². The van der Waals surface area contributed by atoms with Crippen molar-refractivity contribution >= 4 is 11.0 Å². The normalized spacial score (nSPS) is 16.5. The summed E-state index contributed by atoms with van der Waals surface area (Å²) in [5.74, 6) is 0.633. The molecular formula is C18H20N6. The maximum absolute atomic E-state index is 8.98. The van der Waals surface area contributed by atoms with E-state index >= 15 is 0 Å². The molecule has 0 radical (unpaired) electrons. The van der Waals surface area contributed by atoms with Crippen LogP contribution in [0.1, 0.15) is 44.6 Å². The SMILES string of the molecule is N#CCC[C@H](C1CCCC1)n1cc(-c2cnnc3[nH]ccc23)cn1. The van der Waals surface area contributed by atoms with Crippen molar-refractivity contribution in [3.8, 4) is 17.2 Å². The number of hydrogen-bond donors (Lipinski definition) is 1. The Labute approximate surface area is 140 Å². The molecule has 0 bridgehead atoms. The van der Waals surface area contributed by atoms with Gasteiger partial charge in [-0.3, -0.25) is 4.68 Å². The molecule has 4 rings (SSSR count). The second-order valence-electron chi connectivity index (χ2n) is 6.52. The van der Waals surface area contributed by atoms with E-state index in [9.17, 15) is 0 Å². The third-order valence-corrected chi connectivity index (χ3v) is 5.11. The Balaban J connectivity index is 1.67. The van der Waals surface area contributed by atoms with Crippen molar-refractivity contribution in [1.29, 1.82) is 5.26 Å². The maximum Gasteiger partial charge on any atom is 0.160 e. The number of rotatable bonds is 5. The number of nitriles is 1. The fourth-order valence-corrected chi connectivity index (χ4v) is 3.90. The van der Waals surface area contributed by atoms with Gasteiger partial charge in [0.2, 0.25) is 0 Å². The summed E-state index contributed by atoms with van der Waals surface area (Å²) in [7, 11) is 0. The number of fused-ring (bicyclic) bond motifs is 1. The minimum absolute atomic E-state index is 0.317. The zero-order chi connectivity index (χ0) is 16.4. The summed E-state index contributed by atoms with van der Waals surface area (Å²) in [4.78, 5) is 3.10. The molecule has 6 nitrogen and oxygen atoms in total. The zero-order valence-electron chi connectivity index (χ0n) is 13.5. The Kier molecular flexibility index (Phi) is 3.99. The van der Waals surface area contributed by atoms with Gasteiger partial charge in [-0.05, 0) is 31.2 Å². The van der Waals surface area contributed by atoms with E-state index in [1.807, 2.05) is 18.5 Å². The predicted octanol–water partition coefficient (Wildman–Crippen LogP) is 3.86. The number of aromatic nitrogens is 5. The van der Waals surface area contributed by atoms with E-state index in [-0.39, 0.29) is 0 Å². The van der Waals surface area contributed by atoms with Crippen LogP contribution in [0.2, 0.25) is 0 Å². The van der Waals surface area contributed by atoms with Gasteiger partial charge in [-0.15, -0.1) is 5.10 Å². The topological polar surface area (TPSA) is 83.2 Å². The van der Waals surface area contributed by atoms with Gasteiger partial charge in [0.05, 0.1) is 24.5 Å². The van der Waals surface area contributed by atoms with Crippen molar-refractivity contribution in [3.63, 3.8) is 0 Å². The average molecular weight is 320 g/mol.